The third kappa shape index (κ3) is 2.95. The molecule has 1 heterocycles. The van der Waals surface area contributed by atoms with Gasteiger partial charge in [0, 0.05) is 18.3 Å². The average molecular weight is 220 g/mol. The maximum absolute atomic E-state index is 5.82. The monoisotopic (exact) mass is 220 g/mol. The Morgan fingerprint density at radius 2 is 2.25 bits per heavy atom. The highest BCUT2D eigenvalue weighted by molar-refractivity contribution is 5.25. The molecule has 0 spiro atoms. The Balaban J connectivity index is 1.91. The summed E-state index contributed by atoms with van der Waals surface area (Å²) in [5, 5.41) is 3.13. The fraction of sp³-hybridized carbons (Fsp3) is 0.615. The number of rotatable bonds is 5. The van der Waals surface area contributed by atoms with Gasteiger partial charge in [-0.1, -0.05) is 18.9 Å². The predicted octanol–water partition coefficient (Wildman–Crippen LogP) is 2.37. The molecule has 1 fully saturated rings. The summed E-state index contributed by atoms with van der Waals surface area (Å²) in [6.45, 7) is 1.64. The summed E-state index contributed by atoms with van der Waals surface area (Å²) < 4.78 is 5.82. The van der Waals surface area contributed by atoms with Crippen molar-refractivity contribution < 1.29 is 4.74 Å². The van der Waals surface area contributed by atoms with Crippen LogP contribution < -0.4 is 10.1 Å². The highest BCUT2D eigenvalue weighted by Crippen LogP contribution is 2.25. The quantitative estimate of drug-likeness (QED) is 0.827. The maximum atomic E-state index is 5.82. The Kier molecular flexibility index (Phi) is 4.17. The topological polar surface area (TPSA) is 34.2 Å². The molecule has 3 nitrogen and oxygen atoms in total. The van der Waals surface area contributed by atoms with Crippen LogP contribution >= 0.6 is 0 Å². The molecule has 0 aromatic carbocycles. The molecule has 0 unspecified atom stereocenters. The minimum absolute atomic E-state index is 0.740. The van der Waals surface area contributed by atoms with Crippen LogP contribution in [0.5, 0.6) is 5.88 Å². The van der Waals surface area contributed by atoms with Crippen molar-refractivity contribution >= 4 is 0 Å². The number of aromatic nitrogens is 1. The maximum Gasteiger partial charge on any atom is 0.217 e. The largest absolute Gasteiger partial charge is 0.477 e. The predicted molar refractivity (Wildman–Crippen MR) is 64.5 cm³/mol. The smallest absolute Gasteiger partial charge is 0.217 e. The molecule has 88 valence electrons. The van der Waals surface area contributed by atoms with Gasteiger partial charge < -0.3 is 10.1 Å². The van der Waals surface area contributed by atoms with Crippen molar-refractivity contribution in [2.24, 2.45) is 5.92 Å². The van der Waals surface area contributed by atoms with Gasteiger partial charge in [-0.05, 0) is 31.9 Å². The molecule has 3 heteroatoms. The molecule has 1 N–H and O–H groups in total. The van der Waals surface area contributed by atoms with Crippen LogP contribution in [0.25, 0.3) is 0 Å². The first-order valence-electron chi connectivity index (χ1n) is 6.11. The second-order valence-corrected chi connectivity index (χ2v) is 4.46. The van der Waals surface area contributed by atoms with E-state index in [4.69, 9.17) is 4.74 Å². The molecule has 16 heavy (non-hydrogen) atoms. The average Bonchev–Trinajstić information content (AvgIpc) is 2.81. The minimum Gasteiger partial charge on any atom is -0.477 e. The number of pyridine rings is 1. The minimum atomic E-state index is 0.740. The zero-order valence-electron chi connectivity index (χ0n) is 9.91. The SMILES string of the molecule is CNCc1cccnc1OCC1CCCC1. The van der Waals surface area contributed by atoms with Crippen molar-refractivity contribution in [2.45, 2.75) is 32.2 Å². The first-order valence-corrected chi connectivity index (χ1v) is 6.11. The van der Waals surface area contributed by atoms with E-state index in [1.807, 2.05) is 13.1 Å². The van der Waals surface area contributed by atoms with Gasteiger partial charge in [0.25, 0.3) is 0 Å². The number of nitrogens with zero attached hydrogens (tertiary/aromatic N) is 1. The summed E-state index contributed by atoms with van der Waals surface area (Å²) in [4.78, 5) is 4.30. The third-order valence-electron chi connectivity index (χ3n) is 3.15. The summed E-state index contributed by atoms with van der Waals surface area (Å²) in [5.41, 5.74) is 1.14. The van der Waals surface area contributed by atoms with Gasteiger partial charge in [0.1, 0.15) is 0 Å². The molecule has 2 rings (SSSR count). The van der Waals surface area contributed by atoms with Gasteiger partial charge in [0.15, 0.2) is 0 Å². The van der Waals surface area contributed by atoms with Gasteiger partial charge in [-0.3, -0.25) is 0 Å². The summed E-state index contributed by atoms with van der Waals surface area (Å²) in [5.74, 6) is 1.54. The normalized spacial score (nSPS) is 16.6. The molecule has 1 aliphatic carbocycles. The van der Waals surface area contributed by atoms with E-state index in [-0.39, 0.29) is 0 Å². The molecule has 1 aromatic heterocycles. The van der Waals surface area contributed by atoms with E-state index in [2.05, 4.69) is 16.4 Å². The molecular weight excluding hydrogens is 200 g/mol. The van der Waals surface area contributed by atoms with Crippen LogP contribution in [0.4, 0.5) is 0 Å². The highest BCUT2D eigenvalue weighted by Gasteiger charge is 2.16. The lowest BCUT2D eigenvalue weighted by Gasteiger charge is -2.13. The van der Waals surface area contributed by atoms with Gasteiger partial charge in [-0.15, -0.1) is 0 Å². The van der Waals surface area contributed by atoms with E-state index in [9.17, 15) is 0 Å². The molecule has 1 aromatic rings. The lowest BCUT2D eigenvalue weighted by Crippen LogP contribution is -2.12. The van der Waals surface area contributed by atoms with Gasteiger partial charge in [0.05, 0.1) is 6.61 Å². The Hall–Kier alpha value is -1.09. The van der Waals surface area contributed by atoms with Gasteiger partial charge in [-0.25, -0.2) is 4.98 Å². The first kappa shape index (κ1) is 11.4. The van der Waals surface area contributed by atoms with E-state index >= 15 is 0 Å². The molecule has 0 bridgehead atoms. The van der Waals surface area contributed by atoms with Crippen molar-refractivity contribution in [3.05, 3.63) is 23.9 Å². The fourth-order valence-corrected chi connectivity index (χ4v) is 2.25. The molecular formula is C13H20N2O. The highest BCUT2D eigenvalue weighted by atomic mass is 16.5. The molecule has 0 aliphatic heterocycles. The Morgan fingerprint density at radius 3 is 3.00 bits per heavy atom. The molecule has 0 amide bonds. The summed E-state index contributed by atoms with van der Waals surface area (Å²) in [6, 6.07) is 4.02. The molecule has 1 aliphatic rings. The van der Waals surface area contributed by atoms with Crippen molar-refractivity contribution in [3.8, 4) is 5.88 Å². The van der Waals surface area contributed by atoms with Gasteiger partial charge in [0.2, 0.25) is 5.88 Å². The number of hydrogen-bond acceptors (Lipinski definition) is 3. The van der Waals surface area contributed by atoms with Gasteiger partial charge in [-0.2, -0.15) is 0 Å². The molecule has 1 saturated carbocycles. The van der Waals surface area contributed by atoms with E-state index in [1.165, 1.54) is 25.7 Å². The lowest BCUT2D eigenvalue weighted by molar-refractivity contribution is 0.241. The molecule has 0 saturated heterocycles. The standard InChI is InChI=1S/C13H20N2O/c1-14-9-12-7-4-8-15-13(12)16-10-11-5-2-3-6-11/h4,7-8,11,14H,2-3,5-6,9-10H2,1H3. The van der Waals surface area contributed by atoms with Gasteiger partial charge >= 0.3 is 0 Å². The fourth-order valence-electron chi connectivity index (χ4n) is 2.25. The Bertz CT molecular complexity index is 321. The van der Waals surface area contributed by atoms with Crippen molar-refractivity contribution in [1.82, 2.24) is 10.3 Å². The number of ether oxygens (including phenoxy) is 1. The van der Waals surface area contributed by atoms with E-state index in [1.54, 1.807) is 6.20 Å². The molecule has 0 atom stereocenters. The van der Waals surface area contributed by atoms with Crippen LogP contribution in [-0.2, 0) is 6.54 Å². The first-order chi connectivity index (χ1) is 7.90. The zero-order valence-corrected chi connectivity index (χ0v) is 9.91. The van der Waals surface area contributed by atoms with Crippen LogP contribution in [0.3, 0.4) is 0 Å². The summed E-state index contributed by atoms with van der Waals surface area (Å²) >= 11 is 0. The van der Waals surface area contributed by atoms with Crippen LogP contribution in [-0.4, -0.2) is 18.6 Å². The van der Waals surface area contributed by atoms with Crippen LogP contribution in [0.2, 0.25) is 0 Å². The van der Waals surface area contributed by atoms with Crippen molar-refractivity contribution in [1.29, 1.82) is 0 Å². The van der Waals surface area contributed by atoms with E-state index in [0.717, 1.165) is 30.5 Å². The van der Waals surface area contributed by atoms with E-state index < -0.39 is 0 Å². The third-order valence-corrected chi connectivity index (χ3v) is 3.15. The number of hydrogen-bond donors (Lipinski definition) is 1. The Labute approximate surface area is 97.2 Å². The Morgan fingerprint density at radius 1 is 1.44 bits per heavy atom. The molecule has 0 radical (unpaired) electrons. The van der Waals surface area contributed by atoms with Crippen LogP contribution in [0, 0.1) is 5.92 Å². The summed E-state index contributed by atoms with van der Waals surface area (Å²) in [6.07, 6.45) is 7.14. The zero-order chi connectivity index (χ0) is 11.2. The van der Waals surface area contributed by atoms with Crippen LogP contribution in [0.15, 0.2) is 18.3 Å². The van der Waals surface area contributed by atoms with Crippen molar-refractivity contribution in [2.75, 3.05) is 13.7 Å². The van der Waals surface area contributed by atoms with E-state index in [0.29, 0.717) is 0 Å². The lowest BCUT2D eigenvalue weighted by atomic mass is 10.1. The number of nitrogens with one attached hydrogen (secondary N) is 1. The van der Waals surface area contributed by atoms with Crippen molar-refractivity contribution in [3.63, 3.8) is 0 Å². The second-order valence-electron chi connectivity index (χ2n) is 4.46. The summed E-state index contributed by atoms with van der Waals surface area (Å²) in [7, 11) is 1.94. The van der Waals surface area contributed by atoms with Crippen LogP contribution in [0.1, 0.15) is 31.2 Å². The second kappa shape index (κ2) is 5.85.